The fraction of sp³-hybridized carbons (Fsp3) is 0.684. The Labute approximate surface area is 160 Å². The zero-order chi connectivity index (χ0) is 19.3. The Balaban J connectivity index is 1.83. The maximum Gasteiger partial charge on any atom is 0.261 e. The second-order valence-corrected chi connectivity index (χ2v) is 9.81. The van der Waals surface area contributed by atoms with Crippen LogP contribution in [0.3, 0.4) is 0 Å². The highest BCUT2D eigenvalue weighted by Crippen LogP contribution is 2.41. The van der Waals surface area contributed by atoms with Gasteiger partial charge in [0.25, 0.3) is 5.89 Å². The summed E-state index contributed by atoms with van der Waals surface area (Å²) in [5.41, 5.74) is 2.19. The first-order valence-electron chi connectivity index (χ1n) is 9.88. The van der Waals surface area contributed by atoms with Crippen molar-refractivity contribution in [2.24, 2.45) is 5.92 Å². The minimum absolute atomic E-state index is 0.327. The summed E-state index contributed by atoms with van der Waals surface area (Å²) < 4.78 is 36.3. The van der Waals surface area contributed by atoms with Crippen molar-refractivity contribution in [2.45, 2.75) is 70.7 Å². The number of nitrogens with zero attached hydrogens (tertiary/aromatic N) is 4. The van der Waals surface area contributed by atoms with Crippen molar-refractivity contribution in [2.75, 3.05) is 13.1 Å². The van der Waals surface area contributed by atoms with Gasteiger partial charge in [0.15, 0.2) is 5.82 Å². The van der Waals surface area contributed by atoms with Gasteiger partial charge in [0.1, 0.15) is 4.90 Å². The van der Waals surface area contributed by atoms with Gasteiger partial charge in [-0.2, -0.15) is 9.29 Å². The van der Waals surface area contributed by atoms with Crippen molar-refractivity contribution < 1.29 is 12.9 Å². The molecule has 0 bridgehead atoms. The molecule has 0 amide bonds. The molecule has 7 nitrogen and oxygen atoms in total. The van der Waals surface area contributed by atoms with E-state index in [9.17, 15) is 8.42 Å². The van der Waals surface area contributed by atoms with Crippen molar-refractivity contribution in [1.29, 1.82) is 0 Å². The molecule has 0 aromatic carbocycles. The zero-order valence-corrected chi connectivity index (χ0v) is 17.3. The van der Waals surface area contributed by atoms with Crippen molar-refractivity contribution >= 4 is 10.0 Å². The molecule has 0 atom stereocenters. The Morgan fingerprint density at radius 3 is 2.37 bits per heavy atom. The molecule has 3 heterocycles. The highest BCUT2D eigenvalue weighted by atomic mass is 32.2. The van der Waals surface area contributed by atoms with E-state index in [4.69, 9.17) is 4.52 Å². The molecule has 2 aromatic heterocycles. The summed E-state index contributed by atoms with van der Waals surface area (Å²) >= 11 is 0. The lowest BCUT2D eigenvalue weighted by molar-refractivity contribution is 0.288. The molecule has 1 saturated carbocycles. The molecule has 0 N–H and O–H groups in total. The number of rotatable bonds is 5. The van der Waals surface area contributed by atoms with E-state index in [0.717, 1.165) is 37.1 Å². The average molecular weight is 393 g/mol. The summed E-state index contributed by atoms with van der Waals surface area (Å²) in [5, 5.41) is 4.10. The summed E-state index contributed by atoms with van der Waals surface area (Å²) in [6, 6.07) is 0. The Morgan fingerprint density at radius 2 is 1.78 bits per heavy atom. The molecule has 1 aliphatic heterocycles. The minimum Gasteiger partial charge on any atom is -0.347 e. The molecular weight excluding hydrogens is 364 g/mol. The minimum atomic E-state index is -3.62. The number of aromatic nitrogens is 3. The van der Waals surface area contributed by atoms with E-state index >= 15 is 0 Å². The molecule has 0 radical (unpaired) electrons. The van der Waals surface area contributed by atoms with Crippen LogP contribution in [0.25, 0.3) is 11.5 Å². The van der Waals surface area contributed by atoms with Crippen LogP contribution in [-0.2, 0) is 16.6 Å². The zero-order valence-electron chi connectivity index (χ0n) is 16.5. The van der Waals surface area contributed by atoms with Crippen LogP contribution in [0.4, 0.5) is 0 Å². The van der Waals surface area contributed by atoms with Crippen LogP contribution in [0.2, 0.25) is 0 Å². The lowest BCUT2D eigenvalue weighted by Gasteiger charge is -2.29. The largest absolute Gasteiger partial charge is 0.347 e. The third kappa shape index (κ3) is 3.12. The van der Waals surface area contributed by atoms with E-state index < -0.39 is 10.0 Å². The van der Waals surface area contributed by atoms with Gasteiger partial charge in [-0.15, -0.1) is 0 Å². The SMILES string of the molecule is CCn1c(C)c(-c2nc(C3CC3)no2)c(S(=O)(=O)N2CCC(C)CC2)c1C. The standard InChI is InChI=1S/C19H28N4O3S/c1-5-23-13(3)16(19-20-18(21-26-19)15-6-7-15)17(14(23)4)27(24,25)22-10-8-12(2)9-11-22/h12,15H,5-11H2,1-4H3. The maximum absolute atomic E-state index is 13.6. The van der Waals surface area contributed by atoms with E-state index in [1.54, 1.807) is 4.31 Å². The predicted molar refractivity (Wildman–Crippen MR) is 102 cm³/mol. The number of piperidine rings is 1. The van der Waals surface area contributed by atoms with Gasteiger partial charge in [0, 0.05) is 36.9 Å². The third-order valence-corrected chi connectivity index (χ3v) is 8.04. The van der Waals surface area contributed by atoms with Gasteiger partial charge in [-0.25, -0.2) is 8.42 Å². The summed E-state index contributed by atoms with van der Waals surface area (Å²) in [6.45, 7) is 9.83. The van der Waals surface area contributed by atoms with E-state index in [1.807, 2.05) is 25.3 Å². The van der Waals surface area contributed by atoms with Gasteiger partial charge < -0.3 is 9.09 Å². The van der Waals surface area contributed by atoms with Crippen molar-refractivity contribution in [3.05, 3.63) is 17.2 Å². The Bertz CT molecular complexity index is 948. The van der Waals surface area contributed by atoms with Crippen LogP contribution in [0, 0.1) is 19.8 Å². The number of sulfonamides is 1. The molecule has 8 heteroatoms. The molecule has 2 aliphatic rings. The number of hydrogen-bond donors (Lipinski definition) is 0. The second-order valence-electron chi connectivity index (χ2n) is 7.94. The van der Waals surface area contributed by atoms with Gasteiger partial charge in [-0.05, 0) is 52.4 Å². The molecule has 2 fully saturated rings. The maximum atomic E-state index is 13.6. The van der Waals surface area contributed by atoms with Crippen LogP contribution in [0.15, 0.2) is 9.42 Å². The summed E-state index contributed by atoms with van der Waals surface area (Å²) in [7, 11) is -3.62. The molecule has 27 heavy (non-hydrogen) atoms. The van der Waals surface area contributed by atoms with Crippen molar-refractivity contribution in [3.8, 4) is 11.5 Å². The Kier molecular flexibility index (Phi) is 4.66. The van der Waals surface area contributed by atoms with Crippen LogP contribution in [-0.4, -0.2) is 40.5 Å². The molecule has 1 saturated heterocycles. The van der Waals surface area contributed by atoms with Crippen molar-refractivity contribution in [3.63, 3.8) is 0 Å². The lowest BCUT2D eigenvalue weighted by atomic mass is 10.0. The summed E-state index contributed by atoms with van der Waals surface area (Å²) in [4.78, 5) is 4.88. The van der Waals surface area contributed by atoms with Gasteiger partial charge in [-0.1, -0.05) is 12.1 Å². The van der Waals surface area contributed by atoms with Gasteiger partial charge in [0.05, 0.1) is 5.56 Å². The first-order chi connectivity index (χ1) is 12.8. The third-order valence-electron chi connectivity index (χ3n) is 5.98. The van der Waals surface area contributed by atoms with Gasteiger partial charge >= 0.3 is 0 Å². The molecule has 0 unspecified atom stereocenters. The highest BCUT2D eigenvalue weighted by molar-refractivity contribution is 7.89. The van der Waals surface area contributed by atoms with Crippen LogP contribution in [0.1, 0.15) is 62.7 Å². The normalized spacial score (nSPS) is 19.7. The van der Waals surface area contributed by atoms with Crippen LogP contribution in [0.5, 0.6) is 0 Å². The predicted octanol–water partition coefficient (Wildman–Crippen LogP) is 3.47. The second kappa shape index (κ2) is 6.74. The fourth-order valence-corrected chi connectivity index (χ4v) is 6.02. The summed E-state index contributed by atoms with van der Waals surface area (Å²) in [5.74, 6) is 1.95. The smallest absolute Gasteiger partial charge is 0.261 e. The van der Waals surface area contributed by atoms with E-state index in [2.05, 4.69) is 17.1 Å². The molecule has 0 spiro atoms. The Morgan fingerprint density at radius 1 is 1.11 bits per heavy atom. The topological polar surface area (TPSA) is 81.2 Å². The highest BCUT2D eigenvalue weighted by Gasteiger charge is 2.37. The number of hydrogen-bond acceptors (Lipinski definition) is 5. The monoisotopic (exact) mass is 392 g/mol. The molecular formula is C19H28N4O3S. The van der Waals surface area contributed by atoms with Crippen LogP contribution >= 0.6 is 0 Å². The van der Waals surface area contributed by atoms with E-state index in [0.29, 0.717) is 53.6 Å². The van der Waals surface area contributed by atoms with Gasteiger partial charge in [0.2, 0.25) is 10.0 Å². The molecule has 148 valence electrons. The van der Waals surface area contributed by atoms with Crippen molar-refractivity contribution in [1.82, 2.24) is 19.0 Å². The average Bonchev–Trinajstić information content (AvgIpc) is 3.31. The lowest BCUT2D eigenvalue weighted by Crippen LogP contribution is -2.38. The van der Waals surface area contributed by atoms with E-state index in [1.165, 1.54) is 0 Å². The quantitative estimate of drug-likeness (QED) is 0.778. The molecule has 2 aromatic rings. The van der Waals surface area contributed by atoms with Gasteiger partial charge in [-0.3, -0.25) is 0 Å². The molecule has 1 aliphatic carbocycles. The van der Waals surface area contributed by atoms with Crippen LogP contribution < -0.4 is 0 Å². The first-order valence-corrected chi connectivity index (χ1v) is 11.3. The Hall–Kier alpha value is -1.67. The fourth-order valence-electron chi connectivity index (χ4n) is 4.09. The molecule has 4 rings (SSSR count). The first kappa shape index (κ1) is 18.7. The summed E-state index contributed by atoms with van der Waals surface area (Å²) in [6.07, 6.45) is 3.94. The van der Waals surface area contributed by atoms with E-state index in [-0.39, 0.29) is 0 Å².